The topological polar surface area (TPSA) is 34.3 Å². The average molecular weight is 309 g/mol. The Morgan fingerprint density at radius 3 is 2.13 bits per heavy atom. The zero-order valence-corrected chi connectivity index (χ0v) is 11.3. The number of hydrogen-bond acceptors (Lipinski definition) is 1. The molecule has 1 aromatic heterocycles. The fraction of sp³-hybridized carbons (Fsp3) is 0.182. The smallest absolute Gasteiger partial charge is 0.264 e. The van der Waals surface area contributed by atoms with Crippen molar-refractivity contribution in [1.29, 1.82) is 0 Å². The Bertz CT molecular complexity index is 364. The van der Waals surface area contributed by atoms with Crippen molar-refractivity contribution >= 4 is 21.6 Å². The van der Waals surface area contributed by atoms with Crippen LogP contribution in [0, 0.1) is 0 Å². The Morgan fingerprint density at radius 1 is 1.07 bits per heavy atom. The molecule has 0 atom stereocenters. The number of benzene rings is 1. The molecule has 0 aliphatic rings. The minimum Gasteiger partial charge on any atom is -0.264 e. The first kappa shape index (κ1) is 14.4. The van der Waals surface area contributed by atoms with E-state index in [0.717, 1.165) is 0 Å². The maximum atomic E-state index is 8.08. The number of pyridine rings is 1. The van der Waals surface area contributed by atoms with E-state index in [-0.39, 0.29) is 30.3 Å². The van der Waals surface area contributed by atoms with Gasteiger partial charge in [0.05, 0.1) is 12.5 Å². The molecule has 0 saturated heterocycles. The summed E-state index contributed by atoms with van der Waals surface area (Å²) < 4.78 is 8.08. The van der Waals surface area contributed by atoms with Gasteiger partial charge in [-0.3, -0.25) is 9.19 Å². The second-order valence-electron chi connectivity index (χ2n) is 3.00. The zero-order chi connectivity index (χ0) is 10.4. The van der Waals surface area contributed by atoms with Crippen LogP contribution in [0.4, 0.5) is 0 Å². The van der Waals surface area contributed by atoms with Crippen LogP contribution in [-0.4, -0.2) is 21.7 Å². The third-order valence-electron chi connectivity index (χ3n) is 1.55. The van der Waals surface area contributed by atoms with Gasteiger partial charge in [0.1, 0.15) is 0 Å². The first-order chi connectivity index (χ1) is 6.70. The van der Waals surface area contributed by atoms with Crippen molar-refractivity contribution < 1.29 is 23.7 Å². The van der Waals surface area contributed by atoms with Crippen molar-refractivity contribution in [2.24, 2.45) is 0 Å². The molecule has 1 heterocycles. The summed E-state index contributed by atoms with van der Waals surface area (Å²) in [6.07, 6.45) is 7.18. The second kappa shape index (κ2) is 7.66. The van der Waals surface area contributed by atoms with E-state index < -0.39 is 0 Å². The van der Waals surface area contributed by atoms with E-state index in [9.17, 15) is 0 Å². The van der Waals surface area contributed by atoms with E-state index in [2.05, 4.69) is 17.1 Å². The molecule has 0 bridgehead atoms. The van der Waals surface area contributed by atoms with Crippen molar-refractivity contribution in [2.75, 3.05) is 12.5 Å². The molecule has 1 radical (unpaired) electrons. The Hall–Kier alpha value is -0.597. The third kappa shape index (κ3) is 5.75. The van der Waals surface area contributed by atoms with Crippen LogP contribution in [0.1, 0.15) is 0 Å². The summed E-state index contributed by atoms with van der Waals surface area (Å²) >= 11 is 0. The summed E-state index contributed by atoms with van der Waals surface area (Å²) in [6, 6.07) is 10.2. The number of nitrogens with zero attached hydrogens (tertiary/aromatic N) is 1. The molecule has 1 N–H and O–H groups in total. The molecule has 0 spiro atoms. The molecule has 0 aliphatic heterocycles. The molecule has 4 heteroatoms. The van der Waals surface area contributed by atoms with Crippen LogP contribution in [0.15, 0.2) is 42.7 Å². The molecular formula is C11H14NORuS+4. The van der Waals surface area contributed by atoms with Crippen molar-refractivity contribution in [3.05, 3.63) is 42.7 Å². The predicted octanol–water partition coefficient (Wildman–Crippen LogP) is 2.38. The second-order valence-corrected chi connectivity index (χ2v) is 4.54. The van der Waals surface area contributed by atoms with Crippen LogP contribution >= 0.6 is 0 Å². The third-order valence-corrected chi connectivity index (χ3v) is 1.55. The van der Waals surface area contributed by atoms with E-state index >= 15 is 0 Å². The van der Waals surface area contributed by atoms with Crippen molar-refractivity contribution in [1.82, 2.24) is 4.98 Å². The van der Waals surface area contributed by atoms with Gasteiger partial charge in [0.2, 0.25) is 0 Å². The Kier molecular flexibility index (Phi) is 7.36. The average Bonchev–Trinajstić information content (AvgIpc) is 2.17. The Labute approximate surface area is 105 Å². The molecule has 0 fully saturated rings. The van der Waals surface area contributed by atoms with Gasteiger partial charge in [-0.2, -0.15) is 0 Å². The molecular weight excluding hydrogens is 295 g/mol. The number of aromatic nitrogens is 1. The van der Waals surface area contributed by atoms with Crippen LogP contribution in [0.3, 0.4) is 0 Å². The van der Waals surface area contributed by atoms with Crippen LogP contribution in [-0.2, 0) is 30.3 Å². The Balaban J connectivity index is 0.000000346. The van der Waals surface area contributed by atoms with E-state index in [4.69, 9.17) is 4.21 Å². The molecule has 1 aromatic carbocycles. The summed E-state index contributed by atoms with van der Waals surface area (Å²) in [5, 5.41) is 2.45. The molecule has 2 nitrogen and oxygen atoms in total. The quantitative estimate of drug-likeness (QED) is 0.543. The standard InChI is InChI=1S/C9H7N.C2H6OS.Ru/c1-2-4-9-7-10-6-5-8(9)3-1;1-4(2)3;/h1-7H;1-2H3;/q;;+3/p+1. The summed E-state index contributed by atoms with van der Waals surface area (Å²) in [5.74, 6) is 0. The van der Waals surface area contributed by atoms with Gasteiger partial charge in [0.15, 0.2) is 10.8 Å². The summed E-state index contributed by atoms with van der Waals surface area (Å²) in [4.78, 5) is 4.01. The van der Waals surface area contributed by atoms with E-state index in [0.29, 0.717) is 0 Å². The van der Waals surface area contributed by atoms with E-state index in [1.165, 1.54) is 10.8 Å². The molecule has 79 valence electrons. The molecule has 0 aliphatic carbocycles. The molecule has 2 rings (SSSR count). The maximum absolute atomic E-state index is 8.08. The zero-order valence-electron chi connectivity index (χ0n) is 8.70. The van der Waals surface area contributed by atoms with Crippen LogP contribution in [0.25, 0.3) is 10.8 Å². The number of hydrogen-bond donors (Lipinski definition) is 0. The largest absolute Gasteiger partial charge is 3.00 e. The van der Waals surface area contributed by atoms with Gasteiger partial charge in [-0.05, 0) is 16.8 Å². The number of rotatable bonds is 0. The number of fused-ring (bicyclic) bond motifs is 1. The van der Waals surface area contributed by atoms with E-state index in [1.807, 2.05) is 30.6 Å². The first-order valence-corrected chi connectivity index (χ1v) is 6.25. The predicted molar refractivity (Wildman–Crippen MR) is 62.9 cm³/mol. The van der Waals surface area contributed by atoms with E-state index in [1.54, 1.807) is 12.5 Å². The fourth-order valence-electron chi connectivity index (χ4n) is 1.03. The molecule has 0 amide bonds. The molecule has 0 saturated carbocycles. The van der Waals surface area contributed by atoms with Gasteiger partial charge in [0.25, 0.3) is 0 Å². The summed E-state index contributed by atoms with van der Waals surface area (Å²) in [7, 11) is -0.361. The van der Waals surface area contributed by atoms with Crippen LogP contribution < -0.4 is 0 Å². The fourth-order valence-corrected chi connectivity index (χ4v) is 1.03. The monoisotopic (exact) mass is 310 g/mol. The van der Waals surface area contributed by atoms with Crippen molar-refractivity contribution in [3.63, 3.8) is 0 Å². The molecule has 0 unspecified atom stereocenters. The minimum absolute atomic E-state index is 0. The summed E-state index contributed by atoms with van der Waals surface area (Å²) in [6.45, 7) is 0. The van der Waals surface area contributed by atoms with Gasteiger partial charge < -0.3 is 0 Å². The van der Waals surface area contributed by atoms with Gasteiger partial charge in [-0.15, -0.1) is 0 Å². The normalized spacial score (nSPS) is 9.00. The molecule has 2 aromatic rings. The minimum atomic E-state index is -0.361. The maximum Gasteiger partial charge on any atom is 3.00 e. The van der Waals surface area contributed by atoms with Crippen LogP contribution in [0.5, 0.6) is 0 Å². The van der Waals surface area contributed by atoms with Crippen molar-refractivity contribution in [2.45, 2.75) is 0 Å². The van der Waals surface area contributed by atoms with Crippen LogP contribution in [0.2, 0.25) is 0 Å². The SMILES string of the molecule is CS(C)=[OH+].[Ru+3].c1ccc2cnccc2c1. The Morgan fingerprint density at radius 2 is 1.60 bits per heavy atom. The van der Waals surface area contributed by atoms with Gasteiger partial charge in [0, 0.05) is 12.4 Å². The first-order valence-electron chi connectivity index (χ1n) is 4.25. The van der Waals surface area contributed by atoms with Gasteiger partial charge >= 0.3 is 19.5 Å². The van der Waals surface area contributed by atoms with Gasteiger partial charge in [-0.25, -0.2) is 0 Å². The summed E-state index contributed by atoms with van der Waals surface area (Å²) in [5.41, 5.74) is 0. The molecule has 15 heavy (non-hydrogen) atoms. The van der Waals surface area contributed by atoms with Crippen molar-refractivity contribution in [3.8, 4) is 0 Å². The van der Waals surface area contributed by atoms with Gasteiger partial charge in [-0.1, -0.05) is 24.3 Å².